The van der Waals surface area contributed by atoms with Crippen molar-refractivity contribution in [2.75, 3.05) is 13.7 Å². The maximum absolute atomic E-state index is 12.3. The molecule has 2 aromatic rings. The minimum atomic E-state index is -0.714. The second-order valence-corrected chi connectivity index (χ2v) is 8.67. The molecular formula is C19H11ClI2N2O7. The Morgan fingerprint density at radius 1 is 1.29 bits per heavy atom. The van der Waals surface area contributed by atoms with Crippen molar-refractivity contribution in [3.63, 3.8) is 0 Å². The molecular weight excluding hydrogens is 657 g/mol. The largest absolute Gasteiger partial charge is 0.480 e. The van der Waals surface area contributed by atoms with Crippen LogP contribution < -0.4 is 4.74 Å². The van der Waals surface area contributed by atoms with Crippen LogP contribution in [0.4, 0.5) is 5.69 Å². The first kappa shape index (κ1) is 23.4. The predicted octanol–water partition coefficient (Wildman–Crippen LogP) is 4.35. The molecule has 0 fully saturated rings. The van der Waals surface area contributed by atoms with Crippen LogP contribution in [0, 0.1) is 17.3 Å². The van der Waals surface area contributed by atoms with Gasteiger partial charge >= 0.3 is 11.9 Å². The van der Waals surface area contributed by atoms with Crippen molar-refractivity contribution in [1.82, 2.24) is 0 Å². The second kappa shape index (κ2) is 9.91. The van der Waals surface area contributed by atoms with Gasteiger partial charge < -0.3 is 14.2 Å². The zero-order valence-corrected chi connectivity index (χ0v) is 20.6. The summed E-state index contributed by atoms with van der Waals surface area (Å²) in [6.45, 7) is -0.229. The van der Waals surface area contributed by atoms with E-state index in [1.165, 1.54) is 31.4 Å². The van der Waals surface area contributed by atoms with Gasteiger partial charge in [0.05, 0.1) is 29.8 Å². The summed E-state index contributed by atoms with van der Waals surface area (Å²) < 4.78 is 16.6. The Bertz CT molecular complexity index is 1140. The van der Waals surface area contributed by atoms with Crippen molar-refractivity contribution >= 4 is 86.4 Å². The van der Waals surface area contributed by atoms with Gasteiger partial charge in [0.15, 0.2) is 12.3 Å². The third kappa shape index (κ3) is 5.51. The number of ether oxygens (including phenoxy) is 3. The Balaban J connectivity index is 1.91. The van der Waals surface area contributed by atoms with Crippen LogP contribution in [0.5, 0.6) is 5.75 Å². The number of carbonyl (C=O) groups excluding carboxylic acids is 2. The van der Waals surface area contributed by atoms with E-state index in [4.69, 9.17) is 21.1 Å². The zero-order valence-electron chi connectivity index (χ0n) is 15.6. The molecule has 1 aliphatic rings. The summed E-state index contributed by atoms with van der Waals surface area (Å²) in [5.41, 5.74) is 0.583. The van der Waals surface area contributed by atoms with E-state index in [0.717, 1.165) is 0 Å². The monoisotopic (exact) mass is 668 g/mol. The molecule has 1 heterocycles. The molecule has 0 aromatic heterocycles. The number of aliphatic imine (C=N–C) groups is 1. The van der Waals surface area contributed by atoms with Crippen molar-refractivity contribution < 1.29 is 28.7 Å². The Morgan fingerprint density at radius 2 is 1.97 bits per heavy atom. The Labute approximate surface area is 207 Å². The maximum atomic E-state index is 12.3. The molecule has 2 aromatic carbocycles. The number of methoxy groups -OCH3 is 1. The number of hydrogen-bond acceptors (Lipinski definition) is 8. The van der Waals surface area contributed by atoms with Crippen LogP contribution in [-0.4, -0.2) is 36.5 Å². The van der Waals surface area contributed by atoms with Crippen molar-refractivity contribution in [3.8, 4) is 5.75 Å². The lowest BCUT2D eigenvalue weighted by atomic mass is 10.2. The predicted molar refractivity (Wildman–Crippen MR) is 128 cm³/mol. The highest BCUT2D eigenvalue weighted by molar-refractivity contribution is 14.1. The average Bonchev–Trinajstić information content (AvgIpc) is 3.07. The number of nitro benzene ring substituents is 1. The van der Waals surface area contributed by atoms with E-state index < -0.39 is 16.9 Å². The van der Waals surface area contributed by atoms with Gasteiger partial charge in [-0.05, 0) is 75.0 Å². The number of rotatable bonds is 6. The molecule has 0 amide bonds. The molecule has 12 heteroatoms. The number of hydrogen-bond donors (Lipinski definition) is 0. The number of esters is 2. The van der Waals surface area contributed by atoms with Crippen molar-refractivity contribution in [2.24, 2.45) is 4.99 Å². The molecule has 3 rings (SSSR count). The van der Waals surface area contributed by atoms with E-state index in [1.807, 2.05) is 45.2 Å². The van der Waals surface area contributed by atoms with E-state index in [1.54, 1.807) is 12.1 Å². The number of nitro groups is 1. The fourth-order valence-electron chi connectivity index (χ4n) is 2.46. The second-order valence-electron chi connectivity index (χ2n) is 5.94. The van der Waals surface area contributed by atoms with Gasteiger partial charge in [-0.2, -0.15) is 0 Å². The van der Waals surface area contributed by atoms with Crippen LogP contribution >= 0.6 is 56.8 Å². The lowest BCUT2D eigenvalue weighted by Gasteiger charge is -2.10. The molecule has 0 N–H and O–H groups in total. The van der Waals surface area contributed by atoms with E-state index in [9.17, 15) is 19.7 Å². The van der Waals surface area contributed by atoms with Crippen LogP contribution in [0.1, 0.15) is 11.1 Å². The molecule has 0 saturated heterocycles. The van der Waals surface area contributed by atoms with E-state index in [0.29, 0.717) is 18.5 Å². The quantitative estimate of drug-likeness (QED) is 0.148. The fourth-order valence-corrected chi connectivity index (χ4v) is 4.79. The van der Waals surface area contributed by atoms with Gasteiger partial charge in [-0.1, -0.05) is 11.6 Å². The lowest BCUT2D eigenvalue weighted by Crippen LogP contribution is -2.13. The first-order valence-corrected chi connectivity index (χ1v) is 10.9. The van der Waals surface area contributed by atoms with Crippen LogP contribution in [0.2, 0.25) is 5.02 Å². The molecule has 31 heavy (non-hydrogen) atoms. The van der Waals surface area contributed by atoms with Gasteiger partial charge in [-0.25, -0.2) is 14.6 Å². The molecule has 0 bridgehead atoms. The molecule has 0 aliphatic carbocycles. The minimum Gasteiger partial charge on any atom is -0.480 e. The van der Waals surface area contributed by atoms with Crippen molar-refractivity contribution in [2.45, 2.75) is 0 Å². The van der Waals surface area contributed by atoms with Gasteiger partial charge in [-0.15, -0.1) is 0 Å². The topological polar surface area (TPSA) is 117 Å². The molecule has 0 radical (unpaired) electrons. The highest BCUT2D eigenvalue weighted by atomic mass is 127. The summed E-state index contributed by atoms with van der Waals surface area (Å²) in [5, 5.41) is 11.2. The van der Waals surface area contributed by atoms with E-state index >= 15 is 0 Å². The first-order valence-electron chi connectivity index (χ1n) is 8.35. The fraction of sp³-hybridized carbons (Fsp3) is 0.105. The molecule has 0 unspecified atom stereocenters. The summed E-state index contributed by atoms with van der Waals surface area (Å²) in [4.78, 5) is 38.2. The van der Waals surface area contributed by atoms with Gasteiger partial charge in [-0.3, -0.25) is 10.1 Å². The summed E-state index contributed by atoms with van der Waals surface area (Å²) in [6.07, 6.45) is 1.51. The summed E-state index contributed by atoms with van der Waals surface area (Å²) in [5.74, 6) is -0.829. The molecule has 0 saturated carbocycles. The zero-order chi connectivity index (χ0) is 22.7. The van der Waals surface area contributed by atoms with Gasteiger partial charge in [0.25, 0.3) is 5.69 Å². The molecule has 9 nitrogen and oxygen atoms in total. The highest BCUT2D eigenvalue weighted by Gasteiger charge is 2.27. The third-order valence-electron chi connectivity index (χ3n) is 3.90. The number of cyclic esters (lactones) is 1. The van der Waals surface area contributed by atoms with Crippen LogP contribution in [-0.2, 0) is 19.1 Å². The Kier molecular flexibility index (Phi) is 7.48. The van der Waals surface area contributed by atoms with Crippen LogP contribution in [0.3, 0.4) is 0 Å². The van der Waals surface area contributed by atoms with Gasteiger partial charge in [0.1, 0.15) is 5.75 Å². The van der Waals surface area contributed by atoms with E-state index in [2.05, 4.69) is 9.73 Å². The van der Waals surface area contributed by atoms with Crippen molar-refractivity contribution in [1.29, 1.82) is 0 Å². The van der Waals surface area contributed by atoms with Gasteiger partial charge in [0, 0.05) is 12.1 Å². The molecule has 1 aliphatic heterocycles. The lowest BCUT2D eigenvalue weighted by molar-refractivity contribution is -0.384. The third-order valence-corrected chi connectivity index (χ3v) is 5.83. The van der Waals surface area contributed by atoms with Crippen LogP contribution in [0.15, 0.2) is 41.0 Å². The number of benzene rings is 2. The highest BCUT2D eigenvalue weighted by Crippen LogP contribution is 2.31. The average molecular weight is 669 g/mol. The summed E-state index contributed by atoms with van der Waals surface area (Å²) >= 11 is 10.2. The number of halogens is 3. The number of non-ortho nitro benzene ring substituents is 1. The standard InChI is InChI=1S/C19H11ClI2N2O7/c1-29-16(25)8-30-17-13(21)4-9(5-14(17)22)6-15-19(26)31-18(23-15)11-7-10(24(27)28)2-3-12(11)20/h2-7H,8H2,1H3/b15-6-. The summed E-state index contributed by atoms with van der Waals surface area (Å²) in [7, 11) is 1.27. The number of carbonyl (C=O) groups is 2. The normalized spacial score (nSPS) is 14.3. The molecule has 0 spiro atoms. The minimum absolute atomic E-state index is 0.00685. The summed E-state index contributed by atoms with van der Waals surface area (Å²) in [6, 6.07) is 7.25. The first-order chi connectivity index (χ1) is 14.7. The van der Waals surface area contributed by atoms with Crippen LogP contribution in [0.25, 0.3) is 6.08 Å². The van der Waals surface area contributed by atoms with E-state index in [-0.39, 0.29) is 34.5 Å². The molecule has 160 valence electrons. The smallest absolute Gasteiger partial charge is 0.363 e. The Hall–Kier alpha value is -2.26. The maximum Gasteiger partial charge on any atom is 0.363 e. The van der Waals surface area contributed by atoms with Gasteiger partial charge in [0.2, 0.25) is 5.90 Å². The Morgan fingerprint density at radius 3 is 2.58 bits per heavy atom. The number of nitrogens with zero attached hydrogens (tertiary/aromatic N) is 2. The SMILES string of the molecule is COC(=O)COc1c(I)cc(/C=C2\N=C(c3cc([N+](=O)[O-])ccc3Cl)OC2=O)cc1I. The van der Waals surface area contributed by atoms with Crippen molar-refractivity contribution in [3.05, 3.63) is 69.4 Å². The molecule has 0 atom stereocenters.